The summed E-state index contributed by atoms with van der Waals surface area (Å²) in [6, 6.07) is 0. The van der Waals surface area contributed by atoms with Crippen molar-refractivity contribution in [2.75, 3.05) is 25.7 Å². The van der Waals surface area contributed by atoms with Crippen molar-refractivity contribution in [3.8, 4) is 0 Å². The first-order valence-electron chi connectivity index (χ1n) is 3.81. The Balaban J connectivity index is 2.27. The first-order valence-corrected chi connectivity index (χ1v) is 5.20. The quantitative estimate of drug-likeness (QED) is 0.623. The highest BCUT2D eigenvalue weighted by atomic mass is 32.2. The molecule has 0 heterocycles. The van der Waals surface area contributed by atoms with Crippen molar-refractivity contribution < 1.29 is 4.74 Å². The smallest absolute Gasteiger partial charge is 0.0526 e. The molecule has 1 aliphatic rings. The topological polar surface area (TPSA) is 9.23 Å². The molecule has 0 radical (unpaired) electrons. The predicted molar refractivity (Wildman–Crippen MR) is 46.5 cm³/mol. The molecule has 0 N–H and O–H groups in total. The van der Waals surface area contributed by atoms with Gasteiger partial charge in [0.25, 0.3) is 0 Å². The van der Waals surface area contributed by atoms with Crippen molar-refractivity contribution in [1.29, 1.82) is 0 Å². The molecule has 1 fully saturated rings. The predicted octanol–water partition coefficient (Wildman–Crippen LogP) is 2.17. The van der Waals surface area contributed by atoms with Gasteiger partial charge in [-0.05, 0) is 19.1 Å². The Labute approximate surface area is 67.5 Å². The van der Waals surface area contributed by atoms with Crippen LogP contribution in [-0.2, 0) is 4.74 Å². The van der Waals surface area contributed by atoms with E-state index in [4.69, 9.17) is 4.74 Å². The van der Waals surface area contributed by atoms with Crippen LogP contribution in [0.5, 0.6) is 0 Å². The van der Waals surface area contributed by atoms with Crippen molar-refractivity contribution >= 4 is 11.8 Å². The normalized spacial score (nSPS) is 22.2. The fraction of sp³-hybridized carbons (Fsp3) is 1.00. The van der Waals surface area contributed by atoms with Gasteiger partial charge in [-0.15, -0.1) is 0 Å². The second-order valence-electron chi connectivity index (χ2n) is 3.22. The van der Waals surface area contributed by atoms with E-state index in [1.807, 2.05) is 11.8 Å². The molecule has 0 aromatic carbocycles. The molecule has 60 valence electrons. The fourth-order valence-corrected chi connectivity index (χ4v) is 2.60. The Hall–Kier alpha value is 0.310. The zero-order chi connectivity index (χ0) is 7.45. The van der Waals surface area contributed by atoms with Crippen LogP contribution in [0.3, 0.4) is 0 Å². The monoisotopic (exact) mass is 160 g/mol. The number of ether oxygens (including phenoxy) is 1. The van der Waals surface area contributed by atoms with Gasteiger partial charge in [-0.2, -0.15) is 11.8 Å². The molecule has 0 unspecified atom stereocenters. The highest BCUT2D eigenvalue weighted by Gasteiger charge is 2.36. The molecule has 0 aromatic rings. The average molecular weight is 160 g/mol. The van der Waals surface area contributed by atoms with Crippen LogP contribution >= 0.6 is 11.8 Å². The fourth-order valence-electron chi connectivity index (χ4n) is 1.62. The van der Waals surface area contributed by atoms with Gasteiger partial charge < -0.3 is 4.74 Å². The number of thioether (sulfide) groups is 1. The SMILES string of the molecule is COCC1(CSC)CCC1. The van der Waals surface area contributed by atoms with Crippen LogP contribution in [0.25, 0.3) is 0 Å². The van der Waals surface area contributed by atoms with Gasteiger partial charge in [-0.1, -0.05) is 6.42 Å². The molecule has 1 saturated carbocycles. The Kier molecular flexibility index (Phi) is 3.05. The Morgan fingerprint density at radius 3 is 2.50 bits per heavy atom. The van der Waals surface area contributed by atoms with E-state index < -0.39 is 0 Å². The molecule has 10 heavy (non-hydrogen) atoms. The second-order valence-corrected chi connectivity index (χ2v) is 4.09. The van der Waals surface area contributed by atoms with E-state index in [9.17, 15) is 0 Å². The average Bonchev–Trinajstić information content (AvgIpc) is 1.84. The number of methoxy groups -OCH3 is 1. The van der Waals surface area contributed by atoms with Crippen LogP contribution in [-0.4, -0.2) is 25.7 Å². The maximum absolute atomic E-state index is 5.19. The molecule has 0 amide bonds. The maximum atomic E-state index is 5.19. The van der Waals surface area contributed by atoms with E-state index >= 15 is 0 Å². The molecule has 0 bridgehead atoms. The van der Waals surface area contributed by atoms with Crippen LogP contribution in [0.2, 0.25) is 0 Å². The number of rotatable bonds is 4. The first kappa shape index (κ1) is 8.41. The van der Waals surface area contributed by atoms with Crippen LogP contribution in [0.1, 0.15) is 19.3 Å². The van der Waals surface area contributed by atoms with Gasteiger partial charge in [-0.25, -0.2) is 0 Å². The summed E-state index contributed by atoms with van der Waals surface area (Å²) in [5.74, 6) is 1.28. The standard InChI is InChI=1S/C8H16OS/c1-9-6-8(7-10-2)4-3-5-8/h3-7H2,1-2H3. The Morgan fingerprint density at radius 1 is 1.50 bits per heavy atom. The molecule has 0 saturated heterocycles. The molecule has 1 nitrogen and oxygen atoms in total. The van der Waals surface area contributed by atoms with Gasteiger partial charge in [0.15, 0.2) is 0 Å². The number of hydrogen-bond acceptors (Lipinski definition) is 2. The van der Waals surface area contributed by atoms with Crippen LogP contribution in [0, 0.1) is 5.41 Å². The van der Waals surface area contributed by atoms with Crippen molar-refractivity contribution in [2.24, 2.45) is 5.41 Å². The van der Waals surface area contributed by atoms with Crippen molar-refractivity contribution in [2.45, 2.75) is 19.3 Å². The van der Waals surface area contributed by atoms with Gasteiger partial charge >= 0.3 is 0 Å². The molecule has 2 heteroatoms. The van der Waals surface area contributed by atoms with Crippen molar-refractivity contribution in [1.82, 2.24) is 0 Å². The Bertz CT molecular complexity index is 91.4. The van der Waals surface area contributed by atoms with Gasteiger partial charge in [0.05, 0.1) is 6.61 Å². The summed E-state index contributed by atoms with van der Waals surface area (Å²) in [6.07, 6.45) is 6.34. The highest BCUT2D eigenvalue weighted by molar-refractivity contribution is 7.98. The summed E-state index contributed by atoms with van der Waals surface area (Å²) in [6.45, 7) is 0.966. The Morgan fingerprint density at radius 2 is 2.20 bits per heavy atom. The molecule has 0 aliphatic heterocycles. The third-order valence-electron chi connectivity index (χ3n) is 2.32. The summed E-state index contributed by atoms with van der Waals surface area (Å²) in [5.41, 5.74) is 0.564. The molecule has 1 aliphatic carbocycles. The lowest BCUT2D eigenvalue weighted by atomic mass is 9.71. The van der Waals surface area contributed by atoms with Gasteiger partial charge in [0.2, 0.25) is 0 Å². The van der Waals surface area contributed by atoms with Crippen LogP contribution < -0.4 is 0 Å². The minimum absolute atomic E-state index is 0.564. The van der Waals surface area contributed by atoms with E-state index in [-0.39, 0.29) is 0 Å². The molecular weight excluding hydrogens is 144 g/mol. The summed E-state index contributed by atoms with van der Waals surface area (Å²) < 4.78 is 5.19. The van der Waals surface area contributed by atoms with Crippen LogP contribution in [0.4, 0.5) is 0 Å². The zero-order valence-corrected chi connectivity index (χ0v) is 7.67. The lowest BCUT2D eigenvalue weighted by molar-refractivity contribution is 0.0372. The molecule has 0 spiro atoms. The zero-order valence-electron chi connectivity index (χ0n) is 6.85. The van der Waals surface area contributed by atoms with Gasteiger partial charge in [0, 0.05) is 18.3 Å². The van der Waals surface area contributed by atoms with E-state index in [0.717, 1.165) is 6.61 Å². The minimum Gasteiger partial charge on any atom is -0.384 e. The lowest BCUT2D eigenvalue weighted by Crippen LogP contribution is -2.36. The maximum Gasteiger partial charge on any atom is 0.0526 e. The molecule has 0 atom stereocenters. The summed E-state index contributed by atoms with van der Waals surface area (Å²) >= 11 is 1.94. The highest BCUT2D eigenvalue weighted by Crippen LogP contribution is 2.42. The summed E-state index contributed by atoms with van der Waals surface area (Å²) in [4.78, 5) is 0. The lowest BCUT2D eigenvalue weighted by Gasteiger charge is -2.40. The van der Waals surface area contributed by atoms with Crippen molar-refractivity contribution in [3.05, 3.63) is 0 Å². The van der Waals surface area contributed by atoms with Crippen molar-refractivity contribution in [3.63, 3.8) is 0 Å². The summed E-state index contributed by atoms with van der Waals surface area (Å²) in [5, 5.41) is 0. The summed E-state index contributed by atoms with van der Waals surface area (Å²) in [7, 11) is 1.81. The van der Waals surface area contributed by atoms with E-state index in [2.05, 4.69) is 6.26 Å². The first-order chi connectivity index (χ1) is 4.83. The van der Waals surface area contributed by atoms with E-state index in [0.29, 0.717) is 5.41 Å². The molecular formula is C8H16OS. The second kappa shape index (κ2) is 3.63. The largest absolute Gasteiger partial charge is 0.384 e. The van der Waals surface area contributed by atoms with Crippen LogP contribution in [0.15, 0.2) is 0 Å². The third-order valence-corrected chi connectivity index (χ3v) is 3.22. The van der Waals surface area contributed by atoms with E-state index in [1.165, 1.54) is 25.0 Å². The van der Waals surface area contributed by atoms with E-state index in [1.54, 1.807) is 7.11 Å². The minimum atomic E-state index is 0.564. The van der Waals surface area contributed by atoms with Gasteiger partial charge in [-0.3, -0.25) is 0 Å². The third kappa shape index (κ3) is 1.67. The molecule has 0 aromatic heterocycles. The van der Waals surface area contributed by atoms with Gasteiger partial charge in [0.1, 0.15) is 0 Å². The number of hydrogen-bond donors (Lipinski definition) is 0. The molecule has 1 rings (SSSR count).